The van der Waals surface area contributed by atoms with Gasteiger partial charge in [-0.3, -0.25) is 14.4 Å². The lowest BCUT2D eigenvalue weighted by atomic mass is 9.93. The van der Waals surface area contributed by atoms with Crippen molar-refractivity contribution < 1.29 is 51.3 Å². The van der Waals surface area contributed by atoms with Gasteiger partial charge in [-0.05, 0) is 71.3 Å². The third-order valence-electron chi connectivity index (χ3n) is 8.14. The van der Waals surface area contributed by atoms with Crippen molar-refractivity contribution in [3.8, 4) is 16.9 Å². The minimum Gasteiger partial charge on any atom is -0.480 e. The van der Waals surface area contributed by atoms with Crippen LogP contribution in [0, 0.1) is 5.82 Å². The smallest absolute Gasteiger partial charge is 0.413 e. The van der Waals surface area contributed by atoms with Crippen LogP contribution in [0.3, 0.4) is 0 Å². The first-order valence-electron chi connectivity index (χ1n) is 15.9. The number of benzene rings is 4. The van der Waals surface area contributed by atoms with E-state index in [2.05, 4.69) is 5.32 Å². The van der Waals surface area contributed by atoms with Crippen LogP contribution in [0.25, 0.3) is 11.1 Å². The van der Waals surface area contributed by atoms with E-state index in [-0.39, 0.29) is 40.5 Å². The highest BCUT2D eigenvalue weighted by molar-refractivity contribution is 5.97. The van der Waals surface area contributed by atoms with Gasteiger partial charge in [0.05, 0.1) is 18.1 Å². The maximum absolute atomic E-state index is 14.1. The van der Waals surface area contributed by atoms with E-state index in [1.165, 1.54) is 73.9 Å². The van der Waals surface area contributed by atoms with Gasteiger partial charge in [0.25, 0.3) is 5.91 Å². The van der Waals surface area contributed by atoms with Crippen LogP contribution in [0.15, 0.2) is 120 Å². The number of aliphatic carboxylic acids is 1. The fourth-order valence-electron chi connectivity index (χ4n) is 5.50. The summed E-state index contributed by atoms with van der Waals surface area (Å²) in [6.45, 7) is -0.742. The Morgan fingerprint density at radius 1 is 0.885 bits per heavy atom. The van der Waals surface area contributed by atoms with Gasteiger partial charge in [0.2, 0.25) is 5.91 Å². The van der Waals surface area contributed by atoms with E-state index in [0.717, 1.165) is 4.90 Å². The van der Waals surface area contributed by atoms with Crippen molar-refractivity contribution in [3.05, 3.63) is 143 Å². The third kappa shape index (κ3) is 9.58. The fraction of sp³-hybridized carbons (Fsp3) is 0.179. The maximum atomic E-state index is 14.1. The van der Waals surface area contributed by atoms with Gasteiger partial charge in [-0.1, -0.05) is 54.6 Å². The lowest BCUT2D eigenvalue weighted by molar-refractivity contribution is -0.137. The summed E-state index contributed by atoms with van der Waals surface area (Å²) in [6.07, 6.45) is -3.62. The molecule has 4 aromatic carbocycles. The number of halogens is 4. The number of nitrogens with zero attached hydrogens (tertiary/aromatic N) is 1. The number of amides is 2. The Hall–Kier alpha value is -6.08. The third-order valence-corrected chi connectivity index (χ3v) is 8.14. The van der Waals surface area contributed by atoms with Crippen molar-refractivity contribution in [2.24, 2.45) is 0 Å². The summed E-state index contributed by atoms with van der Waals surface area (Å²) < 4.78 is 65.3. The molecular weight excluding hydrogens is 684 g/mol. The molecule has 0 saturated heterocycles. The predicted octanol–water partition coefficient (Wildman–Crippen LogP) is 7.60. The Morgan fingerprint density at radius 2 is 1.54 bits per heavy atom. The number of alkyl halides is 3. The van der Waals surface area contributed by atoms with Crippen molar-refractivity contribution >= 4 is 29.4 Å². The number of nitrogens with one attached hydrogen (secondary N) is 1. The molecule has 2 N–H and O–H groups in total. The minimum atomic E-state index is -4.63. The number of carbonyl (C=O) groups excluding carboxylic acids is 3. The van der Waals surface area contributed by atoms with E-state index < -0.39 is 61.0 Å². The molecule has 1 aliphatic carbocycles. The molecule has 0 heterocycles. The predicted molar refractivity (Wildman–Crippen MR) is 183 cm³/mol. The largest absolute Gasteiger partial charge is 0.480 e. The van der Waals surface area contributed by atoms with Crippen LogP contribution in [-0.4, -0.2) is 59.7 Å². The molecule has 0 aromatic heterocycles. The van der Waals surface area contributed by atoms with Crippen molar-refractivity contribution in [1.29, 1.82) is 0 Å². The molecule has 2 amide bonds. The van der Waals surface area contributed by atoms with Crippen LogP contribution in [0.5, 0.6) is 5.75 Å². The van der Waals surface area contributed by atoms with E-state index in [9.17, 15) is 41.8 Å². The Labute approximate surface area is 295 Å². The zero-order chi connectivity index (χ0) is 37.4. The molecule has 1 atom stereocenters. The number of carbonyl (C=O) groups is 4. The Bertz CT molecular complexity index is 2010. The number of methoxy groups -OCH3 is 1. The Morgan fingerprint density at radius 3 is 2.15 bits per heavy atom. The van der Waals surface area contributed by atoms with E-state index in [1.807, 2.05) is 0 Å². The average Bonchev–Trinajstić information content (AvgIpc) is 3.12. The molecule has 9 nitrogen and oxygen atoms in total. The van der Waals surface area contributed by atoms with Gasteiger partial charge in [0.1, 0.15) is 18.1 Å². The van der Waals surface area contributed by atoms with Gasteiger partial charge in [-0.25, -0.2) is 9.18 Å². The number of anilines is 1. The van der Waals surface area contributed by atoms with Gasteiger partial charge in [0.15, 0.2) is 0 Å². The number of hydrogen-bond donors (Lipinski definition) is 2. The van der Waals surface area contributed by atoms with Crippen LogP contribution < -0.4 is 10.1 Å². The number of carboxylic acid groups (broad SMARTS) is 1. The maximum Gasteiger partial charge on any atom is 0.413 e. The topological polar surface area (TPSA) is 122 Å². The standard InChI is InChI=1S/C39H32F4N2O7/c1-51-31-19-14-28(33(21-31)39(41,42)43)20-35(46)44-29-15-12-26(13-16-29)37(49)45(23-36(47)48)22-24-6-17-30(18-7-24)52-38(50)27-10-8-25(9-11-27)32-4-2-3-5-34(32)40/h2-19,31H,20-23H2,1H3,(H,44,46)(H,47,48). The van der Waals surface area contributed by atoms with Gasteiger partial charge in [-0.15, -0.1) is 0 Å². The van der Waals surface area contributed by atoms with Crippen LogP contribution in [0.2, 0.25) is 0 Å². The molecule has 1 unspecified atom stereocenters. The second kappa shape index (κ2) is 16.3. The first kappa shape index (κ1) is 37.2. The molecule has 13 heteroatoms. The Kier molecular flexibility index (Phi) is 11.7. The Balaban J connectivity index is 1.19. The zero-order valence-electron chi connectivity index (χ0n) is 27.7. The van der Waals surface area contributed by atoms with Gasteiger partial charge < -0.3 is 24.8 Å². The summed E-state index contributed by atoms with van der Waals surface area (Å²) in [4.78, 5) is 51.4. The van der Waals surface area contributed by atoms with E-state index in [1.54, 1.807) is 42.5 Å². The average molecular weight is 717 g/mol. The summed E-state index contributed by atoms with van der Waals surface area (Å²) >= 11 is 0. The molecule has 0 bridgehead atoms. The van der Waals surface area contributed by atoms with Crippen LogP contribution in [-0.2, 0) is 20.9 Å². The second-order valence-electron chi connectivity index (χ2n) is 11.8. The van der Waals surface area contributed by atoms with E-state index in [4.69, 9.17) is 9.47 Å². The lowest BCUT2D eigenvalue weighted by Crippen LogP contribution is -2.35. The lowest BCUT2D eigenvalue weighted by Gasteiger charge is -2.23. The molecule has 0 radical (unpaired) electrons. The second-order valence-corrected chi connectivity index (χ2v) is 11.8. The number of carboxylic acids is 1. The number of hydrogen-bond acceptors (Lipinski definition) is 6. The molecule has 52 heavy (non-hydrogen) atoms. The molecule has 5 rings (SSSR count). The van der Waals surface area contributed by atoms with Crippen molar-refractivity contribution in [1.82, 2.24) is 4.90 Å². The number of rotatable bonds is 12. The van der Waals surface area contributed by atoms with Crippen molar-refractivity contribution in [3.63, 3.8) is 0 Å². The fourth-order valence-corrected chi connectivity index (χ4v) is 5.50. The molecule has 0 spiro atoms. The van der Waals surface area contributed by atoms with Crippen molar-refractivity contribution in [2.45, 2.75) is 31.7 Å². The van der Waals surface area contributed by atoms with Gasteiger partial charge in [-0.2, -0.15) is 13.2 Å². The van der Waals surface area contributed by atoms with Crippen molar-refractivity contribution in [2.75, 3.05) is 19.0 Å². The zero-order valence-corrected chi connectivity index (χ0v) is 27.7. The summed E-state index contributed by atoms with van der Waals surface area (Å²) in [6, 6.07) is 24.2. The molecular formula is C39H32F4N2O7. The number of ether oxygens (including phenoxy) is 2. The van der Waals surface area contributed by atoms with Gasteiger partial charge >= 0.3 is 18.1 Å². The first-order chi connectivity index (χ1) is 24.8. The summed E-state index contributed by atoms with van der Waals surface area (Å²) in [7, 11) is 1.30. The quantitative estimate of drug-likeness (QED) is 0.0880. The van der Waals surface area contributed by atoms with E-state index >= 15 is 0 Å². The molecule has 268 valence electrons. The molecule has 0 saturated carbocycles. The summed E-state index contributed by atoms with van der Waals surface area (Å²) in [5, 5.41) is 12.0. The van der Waals surface area contributed by atoms with Crippen LogP contribution in [0.1, 0.15) is 39.1 Å². The minimum absolute atomic E-state index is 0.105. The van der Waals surface area contributed by atoms with Crippen LogP contribution >= 0.6 is 0 Å². The van der Waals surface area contributed by atoms with Crippen LogP contribution in [0.4, 0.5) is 23.2 Å². The van der Waals surface area contributed by atoms with Gasteiger partial charge in [0, 0.05) is 42.5 Å². The highest BCUT2D eigenvalue weighted by Gasteiger charge is 2.38. The molecule has 0 aliphatic heterocycles. The summed E-state index contributed by atoms with van der Waals surface area (Å²) in [5.74, 6) is -3.43. The highest BCUT2D eigenvalue weighted by atomic mass is 19.4. The number of allylic oxidation sites excluding steroid dienone is 1. The highest BCUT2D eigenvalue weighted by Crippen LogP contribution is 2.36. The monoisotopic (exact) mass is 716 g/mol. The molecule has 1 aliphatic rings. The summed E-state index contributed by atoms with van der Waals surface area (Å²) in [5.41, 5.74) is 1.08. The van der Waals surface area contributed by atoms with E-state index in [0.29, 0.717) is 16.7 Å². The normalized spacial score (nSPS) is 14.1. The number of esters is 1. The molecule has 4 aromatic rings. The first-order valence-corrected chi connectivity index (χ1v) is 15.9. The SMILES string of the molecule is COC1C=CC(CC(=O)Nc2ccc(C(=O)N(CC(=O)O)Cc3ccc(OC(=O)c4ccc(-c5ccccc5F)cc4)cc3)cc2)=C(C(F)(F)F)C1. The molecule has 0 fully saturated rings.